The highest BCUT2D eigenvalue weighted by Gasteiger charge is 2.54. The van der Waals surface area contributed by atoms with Gasteiger partial charge < -0.3 is 24.4 Å². The number of carbonyl (C=O) groups excluding carboxylic acids is 2. The number of likely N-dealkylation sites (N-methyl/N-ethyl adjacent to an activating group) is 1. The molecule has 6 atom stereocenters. The van der Waals surface area contributed by atoms with Crippen LogP contribution in [0.5, 0.6) is 11.5 Å². The highest BCUT2D eigenvalue weighted by molar-refractivity contribution is 7.15. The normalized spacial score (nSPS) is 30.8. The Morgan fingerprint density at radius 2 is 2.00 bits per heavy atom. The molecule has 1 saturated carbocycles. The monoisotopic (exact) mass is 555 g/mol. The van der Waals surface area contributed by atoms with Crippen LogP contribution in [0.2, 0.25) is 0 Å². The summed E-state index contributed by atoms with van der Waals surface area (Å²) in [6.07, 6.45) is 2.05. The predicted octanol–water partition coefficient (Wildman–Crippen LogP) is 2.17. The fourth-order valence-electron chi connectivity index (χ4n) is 7.39. The van der Waals surface area contributed by atoms with Gasteiger partial charge in [-0.05, 0) is 54.7 Å². The Kier molecular flexibility index (Phi) is 6.84. The van der Waals surface area contributed by atoms with Crippen molar-refractivity contribution in [1.29, 1.82) is 0 Å². The second kappa shape index (κ2) is 10.1. The first-order valence-electron chi connectivity index (χ1n) is 14.1. The van der Waals surface area contributed by atoms with Crippen molar-refractivity contribution in [1.82, 2.24) is 9.88 Å². The van der Waals surface area contributed by atoms with E-state index in [4.69, 9.17) is 14.5 Å². The molecule has 2 aromatic rings. The number of piperazine rings is 1. The molecule has 1 saturated heterocycles. The van der Waals surface area contributed by atoms with Gasteiger partial charge in [-0.3, -0.25) is 14.9 Å². The molecule has 3 heterocycles. The SMILES string of the molecule is C[C@H](C(=O)N1CC[NH+](C)CC1)[C@H]1CC[C@]2(C)Cc3sc(NC(=O)c4ccc5c(c4)OCO5)nc3[C@@H](C)[C@@H]2[C@H]1O. The van der Waals surface area contributed by atoms with Gasteiger partial charge in [0.15, 0.2) is 16.6 Å². The first kappa shape index (κ1) is 26.5. The molecule has 39 heavy (non-hydrogen) atoms. The summed E-state index contributed by atoms with van der Waals surface area (Å²) in [5.41, 5.74) is 1.37. The molecular formula is C29H39N4O5S+. The molecule has 0 unspecified atom stereocenters. The van der Waals surface area contributed by atoms with Gasteiger partial charge in [0.2, 0.25) is 12.7 Å². The van der Waals surface area contributed by atoms with Crippen LogP contribution in [0.3, 0.4) is 0 Å². The summed E-state index contributed by atoms with van der Waals surface area (Å²) < 4.78 is 10.8. The van der Waals surface area contributed by atoms with E-state index in [1.807, 2.05) is 11.8 Å². The van der Waals surface area contributed by atoms with Crippen LogP contribution in [0, 0.1) is 23.2 Å². The molecule has 1 aromatic carbocycles. The summed E-state index contributed by atoms with van der Waals surface area (Å²) in [5, 5.41) is 15.3. The molecule has 10 heteroatoms. The maximum atomic E-state index is 13.4. The number of hydrogen-bond donors (Lipinski definition) is 3. The Morgan fingerprint density at radius 1 is 1.26 bits per heavy atom. The first-order chi connectivity index (χ1) is 18.6. The van der Waals surface area contributed by atoms with Crippen molar-refractivity contribution in [3.05, 3.63) is 34.3 Å². The molecule has 2 amide bonds. The van der Waals surface area contributed by atoms with Gasteiger partial charge in [-0.25, -0.2) is 4.98 Å². The van der Waals surface area contributed by atoms with Crippen molar-refractivity contribution in [2.45, 2.75) is 52.1 Å². The molecule has 0 radical (unpaired) electrons. The fraction of sp³-hybridized carbons (Fsp3) is 0.621. The molecule has 4 aliphatic rings. The van der Waals surface area contributed by atoms with Crippen LogP contribution in [0.4, 0.5) is 5.13 Å². The number of benzene rings is 1. The van der Waals surface area contributed by atoms with E-state index in [0.29, 0.717) is 22.2 Å². The Bertz CT molecular complexity index is 1270. The standard InChI is InChI=1S/C29H38N4O5S/c1-16(27(36)33-11-9-32(4)10-12-33)19-7-8-29(3)14-22-24(17(2)23(29)25(19)34)30-28(39-22)31-26(35)18-5-6-20-21(13-18)38-15-37-20/h5-6,13,16-17,19,23,25,34H,7-12,14-15H2,1-4H3,(H,30,31,35)/p+1/t16-,17-,19+,23+,25-,29+/m0/s1. The third kappa shape index (κ3) is 4.70. The zero-order chi connectivity index (χ0) is 27.5. The first-order valence-corrected chi connectivity index (χ1v) is 14.9. The van der Waals surface area contributed by atoms with Gasteiger partial charge in [0.1, 0.15) is 0 Å². The Hall–Kier alpha value is -2.69. The molecule has 2 fully saturated rings. The number of fused-ring (bicyclic) bond motifs is 3. The number of ether oxygens (including phenoxy) is 2. The number of rotatable bonds is 4. The van der Waals surface area contributed by atoms with E-state index in [-0.39, 0.29) is 47.7 Å². The van der Waals surface area contributed by atoms with Crippen LogP contribution in [-0.2, 0) is 11.2 Å². The molecule has 3 N–H and O–H groups in total. The summed E-state index contributed by atoms with van der Waals surface area (Å²) in [7, 11) is 2.17. The van der Waals surface area contributed by atoms with Crippen LogP contribution in [0.25, 0.3) is 0 Å². The van der Waals surface area contributed by atoms with E-state index < -0.39 is 6.10 Å². The van der Waals surface area contributed by atoms with Gasteiger partial charge in [0.25, 0.3) is 5.91 Å². The number of aliphatic hydroxyl groups excluding tert-OH is 1. The highest BCUT2D eigenvalue weighted by atomic mass is 32.1. The van der Waals surface area contributed by atoms with E-state index in [9.17, 15) is 14.7 Å². The third-order valence-corrected chi connectivity index (χ3v) is 10.7. The summed E-state index contributed by atoms with van der Waals surface area (Å²) in [5.74, 6) is 0.915. The Balaban J connectivity index is 1.18. The maximum absolute atomic E-state index is 13.4. The summed E-state index contributed by atoms with van der Waals surface area (Å²) in [6.45, 7) is 10.1. The van der Waals surface area contributed by atoms with Crippen molar-refractivity contribution in [2.75, 3.05) is 45.3 Å². The summed E-state index contributed by atoms with van der Waals surface area (Å²) in [6, 6.07) is 5.15. The van der Waals surface area contributed by atoms with Crippen LogP contribution in [0.1, 0.15) is 60.5 Å². The maximum Gasteiger partial charge on any atom is 0.257 e. The molecule has 6 rings (SSSR count). The van der Waals surface area contributed by atoms with Crippen molar-refractivity contribution in [3.8, 4) is 11.5 Å². The lowest BCUT2D eigenvalue weighted by atomic mass is 9.53. The van der Waals surface area contributed by atoms with Crippen molar-refractivity contribution >= 4 is 28.3 Å². The van der Waals surface area contributed by atoms with Crippen LogP contribution in [-0.4, -0.2) is 72.9 Å². The molecule has 2 aliphatic heterocycles. The zero-order valence-electron chi connectivity index (χ0n) is 23.2. The predicted molar refractivity (Wildman–Crippen MR) is 147 cm³/mol. The molecular weight excluding hydrogens is 516 g/mol. The number of hydrogen-bond acceptors (Lipinski definition) is 7. The van der Waals surface area contributed by atoms with E-state index in [2.05, 4.69) is 26.2 Å². The Morgan fingerprint density at radius 3 is 2.77 bits per heavy atom. The number of thiazole rings is 1. The largest absolute Gasteiger partial charge is 0.454 e. The number of nitrogens with one attached hydrogen (secondary N) is 2. The topological polar surface area (TPSA) is 105 Å². The molecule has 1 aromatic heterocycles. The number of aromatic nitrogens is 1. The van der Waals surface area contributed by atoms with E-state index in [0.717, 1.165) is 51.1 Å². The molecule has 210 valence electrons. The minimum Gasteiger partial charge on any atom is -0.454 e. The second-order valence-corrected chi connectivity index (χ2v) is 13.3. The summed E-state index contributed by atoms with van der Waals surface area (Å²) in [4.78, 5) is 35.9. The van der Waals surface area contributed by atoms with E-state index >= 15 is 0 Å². The van der Waals surface area contributed by atoms with Gasteiger partial charge >= 0.3 is 0 Å². The van der Waals surface area contributed by atoms with E-state index in [1.165, 1.54) is 21.1 Å². The number of amides is 2. The smallest absolute Gasteiger partial charge is 0.257 e. The fourth-order valence-corrected chi connectivity index (χ4v) is 8.65. The number of carbonyl (C=O) groups is 2. The lowest BCUT2D eigenvalue weighted by Gasteiger charge is -2.53. The molecule has 0 bridgehead atoms. The number of quaternary nitrogens is 1. The minimum absolute atomic E-state index is 0.00967. The number of aliphatic hydroxyl groups is 1. The zero-order valence-corrected chi connectivity index (χ0v) is 24.0. The number of anilines is 1. The van der Waals surface area contributed by atoms with Crippen LogP contribution in [0.15, 0.2) is 18.2 Å². The van der Waals surface area contributed by atoms with Gasteiger partial charge in [0.05, 0.1) is 45.0 Å². The number of nitrogens with zero attached hydrogens (tertiary/aromatic N) is 2. The van der Waals surface area contributed by atoms with Crippen molar-refractivity contribution in [2.24, 2.45) is 23.2 Å². The molecule has 0 spiro atoms. The van der Waals surface area contributed by atoms with Crippen molar-refractivity contribution in [3.63, 3.8) is 0 Å². The van der Waals surface area contributed by atoms with Gasteiger partial charge in [-0.1, -0.05) is 20.8 Å². The van der Waals surface area contributed by atoms with Crippen LogP contribution < -0.4 is 19.7 Å². The molecule has 9 nitrogen and oxygen atoms in total. The lowest BCUT2D eigenvalue weighted by Crippen LogP contribution is -3.12. The molecule has 2 aliphatic carbocycles. The van der Waals surface area contributed by atoms with Crippen LogP contribution >= 0.6 is 11.3 Å². The summed E-state index contributed by atoms with van der Waals surface area (Å²) >= 11 is 1.53. The van der Waals surface area contributed by atoms with Gasteiger partial charge in [-0.2, -0.15) is 0 Å². The minimum atomic E-state index is -0.572. The average Bonchev–Trinajstić information content (AvgIpc) is 3.54. The van der Waals surface area contributed by atoms with Crippen molar-refractivity contribution < 1.29 is 29.1 Å². The lowest BCUT2D eigenvalue weighted by molar-refractivity contribution is -0.883. The third-order valence-electron chi connectivity index (χ3n) is 9.74. The van der Waals surface area contributed by atoms with E-state index in [1.54, 1.807) is 18.2 Å². The second-order valence-electron chi connectivity index (χ2n) is 12.3. The average molecular weight is 556 g/mol. The quantitative estimate of drug-likeness (QED) is 0.534. The highest BCUT2D eigenvalue weighted by Crippen LogP contribution is 2.57. The van der Waals surface area contributed by atoms with Gasteiger partial charge in [-0.15, -0.1) is 11.3 Å². The van der Waals surface area contributed by atoms with Gasteiger partial charge in [0, 0.05) is 22.3 Å². The Labute approximate surface area is 233 Å².